The molecule has 0 aliphatic rings. The van der Waals surface area contributed by atoms with Crippen molar-refractivity contribution in [3.8, 4) is 0 Å². The molecule has 0 unspecified atom stereocenters. The van der Waals surface area contributed by atoms with Gasteiger partial charge in [0.05, 0.1) is 0 Å². The molecular formula is CH4F2Ge. The Morgan fingerprint density at radius 3 is 1.50 bits per heavy atom. The van der Waals surface area contributed by atoms with Crippen molar-refractivity contribution in [2.75, 3.05) is 0 Å². The van der Waals surface area contributed by atoms with E-state index in [-0.39, 0.29) is 16.5 Å². The monoisotopic (exact) mass is 128 g/mol. The third-order valence-electron chi connectivity index (χ3n) is 0. The van der Waals surface area contributed by atoms with Gasteiger partial charge in [0, 0.05) is 0 Å². The number of alkyl halides is 2. The number of hydrogen-bond acceptors (Lipinski definition) is 0. The van der Waals surface area contributed by atoms with Crippen LogP contribution < -0.4 is 0 Å². The van der Waals surface area contributed by atoms with Crippen LogP contribution in [0.5, 0.6) is 0 Å². The van der Waals surface area contributed by atoms with Gasteiger partial charge in [-0.1, -0.05) is 0 Å². The SMILES string of the molecule is F[CH](F)[GeH3]. The van der Waals surface area contributed by atoms with Crippen LogP contribution in [0.1, 0.15) is 0 Å². The molecule has 0 radical (unpaired) electrons. The molecule has 0 aromatic rings. The summed E-state index contributed by atoms with van der Waals surface area (Å²) in [5.74, 6) is 0. The van der Waals surface area contributed by atoms with Crippen molar-refractivity contribution < 1.29 is 8.78 Å². The fourth-order valence-electron chi connectivity index (χ4n) is 0. The molecule has 0 rings (SSSR count). The first kappa shape index (κ1) is 4.40. The van der Waals surface area contributed by atoms with Gasteiger partial charge in [0.1, 0.15) is 0 Å². The molecule has 3 heteroatoms. The van der Waals surface area contributed by atoms with Crippen molar-refractivity contribution in [1.29, 1.82) is 0 Å². The third-order valence-corrected chi connectivity index (χ3v) is 0. The molecule has 0 amide bonds. The van der Waals surface area contributed by atoms with E-state index in [9.17, 15) is 8.78 Å². The van der Waals surface area contributed by atoms with Crippen LogP contribution in [0.15, 0.2) is 0 Å². The summed E-state index contributed by atoms with van der Waals surface area (Å²) in [4.78, 5) is 0. The maximum absolute atomic E-state index is 10.4. The van der Waals surface area contributed by atoms with E-state index >= 15 is 0 Å². The van der Waals surface area contributed by atoms with E-state index in [0.717, 1.165) is 0 Å². The molecule has 0 bridgehead atoms. The molecular weight excluding hydrogens is 123 g/mol. The molecule has 0 heterocycles. The predicted molar refractivity (Wildman–Crippen MR) is 15.9 cm³/mol. The van der Waals surface area contributed by atoms with E-state index in [0.29, 0.717) is 0 Å². The van der Waals surface area contributed by atoms with Crippen LogP contribution in [0.25, 0.3) is 0 Å². The number of hydrogen-bond donors (Lipinski definition) is 0. The number of halogens is 2. The first-order chi connectivity index (χ1) is 1.73. The first-order valence-electron chi connectivity index (χ1n) is 1.01. The Bertz CT molecular complexity index is 10.8. The quantitative estimate of drug-likeness (QED) is 0.387. The van der Waals surface area contributed by atoms with Gasteiger partial charge in [-0.15, -0.1) is 0 Å². The van der Waals surface area contributed by atoms with E-state index in [1.54, 1.807) is 0 Å². The molecule has 0 saturated carbocycles. The van der Waals surface area contributed by atoms with E-state index < -0.39 is 5.26 Å². The van der Waals surface area contributed by atoms with Gasteiger partial charge in [0.2, 0.25) is 0 Å². The van der Waals surface area contributed by atoms with Crippen LogP contribution in [0, 0.1) is 0 Å². The standard InChI is InChI=1S/CH4F2Ge/c2-1(3)4/h1H,4H3. The first-order valence-corrected chi connectivity index (χ1v) is 3.44. The minimum atomic E-state index is -1.98. The second kappa shape index (κ2) is 1.70. The fourth-order valence-corrected chi connectivity index (χ4v) is 0. The summed E-state index contributed by atoms with van der Waals surface area (Å²) >= 11 is -0.271. The molecule has 0 fully saturated rings. The minimum absolute atomic E-state index is 0.271. The Hall–Kier alpha value is 0.403. The molecule has 0 aromatic carbocycles. The topological polar surface area (TPSA) is 0 Å². The second-order valence-electron chi connectivity index (χ2n) is 0.519. The van der Waals surface area contributed by atoms with E-state index in [4.69, 9.17) is 0 Å². The average Bonchev–Trinajstić information content (AvgIpc) is 0.811. The molecule has 0 atom stereocenters. The van der Waals surface area contributed by atoms with Gasteiger partial charge < -0.3 is 0 Å². The van der Waals surface area contributed by atoms with Crippen molar-refractivity contribution in [2.24, 2.45) is 0 Å². The molecule has 26 valence electrons. The zero-order valence-corrected chi connectivity index (χ0v) is 6.53. The Morgan fingerprint density at radius 1 is 1.50 bits per heavy atom. The van der Waals surface area contributed by atoms with Gasteiger partial charge in [-0.25, -0.2) is 0 Å². The second-order valence-corrected chi connectivity index (χ2v) is 2.35. The van der Waals surface area contributed by atoms with Gasteiger partial charge in [0.15, 0.2) is 0 Å². The van der Waals surface area contributed by atoms with Crippen molar-refractivity contribution in [3.05, 3.63) is 0 Å². The van der Waals surface area contributed by atoms with Gasteiger partial charge >= 0.3 is 30.6 Å². The predicted octanol–water partition coefficient (Wildman–Crippen LogP) is -0.426. The third kappa shape index (κ3) is 29.1. The van der Waals surface area contributed by atoms with Crippen molar-refractivity contribution in [3.63, 3.8) is 0 Å². The van der Waals surface area contributed by atoms with Crippen molar-refractivity contribution >= 4 is 16.5 Å². The zero-order chi connectivity index (χ0) is 3.58. The summed E-state index contributed by atoms with van der Waals surface area (Å²) in [5.41, 5.74) is 0. The van der Waals surface area contributed by atoms with E-state index in [1.807, 2.05) is 0 Å². The van der Waals surface area contributed by atoms with Crippen LogP contribution in [-0.4, -0.2) is 21.8 Å². The summed E-state index contributed by atoms with van der Waals surface area (Å²) in [6.45, 7) is 0. The normalized spacial score (nSPS) is 9.75. The van der Waals surface area contributed by atoms with Crippen LogP contribution >= 0.6 is 0 Å². The van der Waals surface area contributed by atoms with Gasteiger partial charge in [0.25, 0.3) is 0 Å². The molecule has 0 aliphatic carbocycles. The summed E-state index contributed by atoms with van der Waals surface area (Å²) < 4.78 is 20.8. The Labute approximate surface area is 31.4 Å². The zero-order valence-electron chi connectivity index (χ0n) is 2.33. The molecule has 0 nitrogen and oxygen atoms in total. The number of rotatable bonds is 0. The summed E-state index contributed by atoms with van der Waals surface area (Å²) in [7, 11) is 0. The van der Waals surface area contributed by atoms with E-state index in [1.165, 1.54) is 0 Å². The molecule has 0 saturated heterocycles. The molecule has 0 spiro atoms. The maximum atomic E-state index is 10.4. The Balaban J connectivity index is 2.32. The van der Waals surface area contributed by atoms with Crippen LogP contribution in [-0.2, 0) is 0 Å². The molecule has 0 aromatic heterocycles. The summed E-state index contributed by atoms with van der Waals surface area (Å²) in [5, 5.41) is -1.98. The van der Waals surface area contributed by atoms with E-state index in [2.05, 4.69) is 0 Å². The molecule has 0 aliphatic heterocycles. The molecule has 4 heavy (non-hydrogen) atoms. The van der Waals surface area contributed by atoms with Gasteiger partial charge in [-0.05, 0) is 0 Å². The molecule has 0 N–H and O–H groups in total. The Kier molecular flexibility index (Phi) is 1.87. The van der Waals surface area contributed by atoms with Crippen LogP contribution in [0.4, 0.5) is 8.78 Å². The Morgan fingerprint density at radius 2 is 1.50 bits per heavy atom. The van der Waals surface area contributed by atoms with Crippen LogP contribution in [0.3, 0.4) is 0 Å². The summed E-state index contributed by atoms with van der Waals surface area (Å²) in [6.07, 6.45) is 0. The summed E-state index contributed by atoms with van der Waals surface area (Å²) in [6, 6.07) is 0. The average molecular weight is 127 g/mol. The van der Waals surface area contributed by atoms with Crippen LogP contribution in [0.2, 0.25) is 0 Å². The van der Waals surface area contributed by atoms with Gasteiger partial charge in [-0.3, -0.25) is 0 Å². The van der Waals surface area contributed by atoms with Crippen molar-refractivity contribution in [1.82, 2.24) is 0 Å². The fraction of sp³-hybridized carbons (Fsp3) is 1.00. The van der Waals surface area contributed by atoms with Crippen molar-refractivity contribution in [2.45, 2.75) is 5.26 Å². The van der Waals surface area contributed by atoms with Gasteiger partial charge in [-0.2, -0.15) is 0 Å².